The molecule has 2 nitrogen and oxygen atoms in total. The van der Waals surface area contributed by atoms with Crippen molar-refractivity contribution in [3.8, 4) is 0 Å². The summed E-state index contributed by atoms with van der Waals surface area (Å²) in [6, 6.07) is 12.5. The minimum Gasteiger partial charge on any atom is -0.369 e. The van der Waals surface area contributed by atoms with E-state index in [1.54, 1.807) is 0 Å². The normalized spacial score (nSPS) is 17.7. The van der Waals surface area contributed by atoms with Crippen molar-refractivity contribution in [3.63, 3.8) is 0 Å². The Labute approximate surface area is 115 Å². The molecule has 0 bridgehead atoms. The summed E-state index contributed by atoms with van der Waals surface area (Å²) in [5, 5.41) is 4.77. The molecule has 100 valence electrons. The summed E-state index contributed by atoms with van der Waals surface area (Å²) in [7, 11) is 0. The Morgan fingerprint density at radius 3 is 2.68 bits per heavy atom. The van der Waals surface area contributed by atoms with Crippen LogP contribution in [-0.2, 0) is 0 Å². The number of aromatic nitrogens is 1. The second-order valence-corrected chi connectivity index (χ2v) is 5.80. The van der Waals surface area contributed by atoms with Crippen LogP contribution in [0.25, 0.3) is 10.9 Å². The number of hydrogen-bond acceptors (Lipinski definition) is 2. The first-order chi connectivity index (χ1) is 9.31. The maximum absolute atomic E-state index is 4.69. The van der Waals surface area contributed by atoms with E-state index in [-0.39, 0.29) is 0 Å². The molecule has 19 heavy (non-hydrogen) atoms. The van der Waals surface area contributed by atoms with Crippen LogP contribution >= 0.6 is 0 Å². The van der Waals surface area contributed by atoms with Crippen LogP contribution in [0.5, 0.6) is 0 Å². The molecule has 0 saturated heterocycles. The minimum atomic E-state index is 0.507. The van der Waals surface area contributed by atoms with Gasteiger partial charge < -0.3 is 5.32 Å². The predicted molar refractivity (Wildman–Crippen MR) is 81.4 cm³/mol. The summed E-state index contributed by atoms with van der Waals surface area (Å²) in [6.45, 7) is 3.38. The molecule has 2 aromatic rings. The van der Waals surface area contributed by atoms with Crippen molar-refractivity contribution in [1.29, 1.82) is 0 Å². The van der Waals surface area contributed by atoms with Crippen LogP contribution in [0.2, 0.25) is 0 Å². The molecule has 0 aliphatic heterocycles. The Bertz CT molecular complexity index is 556. The molecule has 3 rings (SSSR count). The van der Waals surface area contributed by atoms with Gasteiger partial charge in [-0.05, 0) is 42.9 Å². The summed E-state index contributed by atoms with van der Waals surface area (Å²) in [6.07, 6.45) is 6.78. The van der Waals surface area contributed by atoms with Crippen molar-refractivity contribution in [3.05, 3.63) is 36.4 Å². The standard InChI is InChI=1S/C17H22N2/c1-2-17(11-5-6-12-17)13-18-16-10-9-14-7-3-4-8-15(14)19-16/h3-4,7-10H,2,5-6,11-13H2,1H3,(H,18,19). The third-order valence-electron chi connectivity index (χ3n) is 4.66. The predicted octanol–water partition coefficient (Wildman–Crippen LogP) is 4.62. The highest BCUT2D eigenvalue weighted by molar-refractivity contribution is 5.80. The van der Waals surface area contributed by atoms with Gasteiger partial charge in [-0.2, -0.15) is 0 Å². The largest absolute Gasteiger partial charge is 0.369 e. The van der Waals surface area contributed by atoms with E-state index in [0.29, 0.717) is 5.41 Å². The van der Waals surface area contributed by atoms with Crippen molar-refractivity contribution in [2.75, 3.05) is 11.9 Å². The Morgan fingerprint density at radius 1 is 1.11 bits per heavy atom. The van der Waals surface area contributed by atoms with Crippen LogP contribution < -0.4 is 5.32 Å². The van der Waals surface area contributed by atoms with E-state index >= 15 is 0 Å². The van der Waals surface area contributed by atoms with Gasteiger partial charge >= 0.3 is 0 Å². The topological polar surface area (TPSA) is 24.9 Å². The van der Waals surface area contributed by atoms with Gasteiger partial charge in [-0.1, -0.05) is 38.0 Å². The van der Waals surface area contributed by atoms with Gasteiger partial charge in [-0.25, -0.2) is 4.98 Å². The van der Waals surface area contributed by atoms with E-state index in [1.807, 2.05) is 6.07 Å². The molecule has 1 aliphatic carbocycles. The van der Waals surface area contributed by atoms with Gasteiger partial charge in [0.2, 0.25) is 0 Å². The molecule has 1 aromatic heterocycles. The fourth-order valence-corrected chi connectivity index (χ4v) is 3.22. The molecule has 2 heteroatoms. The first-order valence-electron chi connectivity index (χ1n) is 7.41. The van der Waals surface area contributed by atoms with Crippen molar-refractivity contribution in [1.82, 2.24) is 4.98 Å². The van der Waals surface area contributed by atoms with Gasteiger partial charge in [0.15, 0.2) is 0 Å². The maximum Gasteiger partial charge on any atom is 0.126 e. The molecule has 0 radical (unpaired) electrons. The van der Waals surface area contributed by atoms with Crippen LogP contribution in [0.15, 0.2) is 36.4 Å². The van der Waals surface area contributed by atoms with Gasteiger partial charge in [0.25, 0.3) is 0 Å². The zero-order valence-corrected chi connectivity index (χ0v) is 11.7. The molecule has 0 atom stereocenters. The molecule has 1 aromatic carbocycles. The lowest BCUT2D eigenvalue weighted by atomic mass is 9.83. The monoisotopic (exact) mass is 254 g/mol. The summed E-state index contributed by atoms with van der Waals surface area (Å²) < 4.78 is 0. The second kappa shape index (κ2) is 5.20. The van der Waals surface area contributed by atoms with Crippen LogP contribution in [0.4, 0.5) is 5.82 Å². The number of rotatable bonds is 4. The Morgan fingerprint density at radius 2 is 1.89 bits per heavy atom. The number of nitrogens with zero attached hydrogens (tertiary/aromatic N) is 1. The second-order valence-electron chi connectivity index (χ2n) is 5.80. The van der Waals surface area contributed by atoms with Crippen LogP contribution in [0, 0.1) is 5.41 Å². The van der Waals surface area contributed by atoms with Crippen molar-refractivity contribution in [2.45, 2.75) is 39.0 Å². The van der Waals surface area contributed by atoms with E-state index in [2.05, 4.69) is 42.6 Å². The van der Waals surface area contributed by atoms with Crippen molar-refractivity contribution in [2.24, 2.45) is 5.41 Å². The first-order valence-corrected chi connectivity index (χ1v) is 7.41. The summed E-state index contributed by atoms with van der Waals surface area (Å²) >= 11 is 0. The lowest BCUT2D eigenvalue weighted by Gasteiger charge is -2.28. The van der Waals surface area contributed by atoms with Gasteiger partial charge in [0, 0.05) is 11.9 Å². The summed E-state index contributed by atoms with van der Waals surface area (Å²) in [5.74, 6) is 1.01. The van der Waals surface area contributed by atoms with E-state index in [4.69, 9.17) is 4.98 Å². The van der Waals surface area contributed by atoms with Crippen LogP contribution in [0.1, 0.15) is 39.0 Å². The van der Waals surface area contributed by atoms with E-state index < -0.39 is 0 Å². The summed E-state index contributed by atoms with van der Waals surface area (Å²) in [5.41, 5.74) is 1.58. The maximum atomic E-state index is 4.69. The van der Waals surface area contributed by atoms with Crippen LogP contribution in [-0.4, -0.2) is 11.5 Å². The molecule has 0 amide bonds. The average molecular weight is 254 g/mol. The van der Waals surface area contributed by atoms with E-state index in [1.165, 1.54) is 37.5 Å². The highest BCUT2D eigenvalue weighted by Crippen LogP contribution is 2.40. The SMILES string of the molecule is CCC1(CNc2ccc3ccccc3n2)CCCC1. The van der Waals surface area contributed by atoms with Crippen molar-refractivity contribution >= 4 is 16.7 Å². The highest BCUT2D eigenvalue weighted by atomic mass is 15.0. The van der Waals surface area contributed by atoms with E-state index in [9.17, 15) is 0 Å². The number of fused-ring (bicyclic) bond motifs is 1. The van der Waals surface area contributed by atoms with E-state index in [0.717, 1.165) is 17.9 Å². The minimum absolute atomic E-state index is 0.507. The number of benzene rings is 1. The fourth-order valence-electron chi connectivity index (χ4n) is 3.22. The molecular formula is C17H22N2. The van der Waals surface area contributed by atoms with Gasteiger partial charge in [0.1, 0.15) is 5.82 Å². The van der Waals surface area contributed by atoms with Gasteiger partial charge in [-0.3, -0.25) is 0 Å². The molecule has 1 saturated carbocycles. The lowest BCUT2D eigenvalue weighted by Crippen LogP contribution is -2.26. The molecule has 1 heterocycles. The Kier molecular flexibility index (Phi) is 3.41. The zero-order chi connectivity index (χ0) is 13.1. The van der Waals surface area contributed by atoms with Gasteiger partial charge in [-0.15, -0.1) is 0 Å². The Balaban J connectivity index is 1.74. The Hall–Kier alpha value is -1.57. The molecule has 0 spiro atoms. The summed E-state index contributed by atoms with van der Waals surface area (Å²) in [4.78, 5) is 4.69. The molecule has 1 aliphatic rings. The average Bonchev–Trinajstić information content (AvgIpc) is 2.94. The fraction of sp³-hybridized carbons (Fsp3) is 0.471. The third kappa shape index (κ3) is 2.58. The number of pyridine rings is 1. The van der Waals surface area contributed by atoms with Crippen molar-refractivity contribution < 1.29 is 0 Å². The number of nitrogens with one attached hydrogen (secondary N) is 1. The highest BCUT2D eigenvalue weighted by Gasteiger charge is 2.31. The lowest BCUT2D eigenvalue weighted by molar-refractivity contribution is 0.306. The number of hydrogen-bond donors (Lipinski definition) is 1. The smallest absolute Gasteiger partial charge is 0.126 e. The first kappa shape index (κ1) is 12.5. The third-order valence-corrected chi connectivity index (χ3v) is 4.66. The molecular weight excluding hydrogens is 232 g/mol. The van der Waals surface area contributed by atoms with Crippen LogP contribution in [0.3, 0.4) is 0 Å². The quantitative estimate of drug-likeness (QED) is 0.861. The van der Waals surface area contributed by atoms with Gasteiger partial charge in [0.05, 0.1) is 5.52 Å². The number of para-hydroxylation sites is 1. The molecule has 0 unspecified atom stereocenters. The molecule has 1 N–H and O–H groups in total. The molecule has 1 fully saturated rings. The zero-order valence-electron chi connectivity index (χ0n) is 11.7. The number of anilines is 1.